The smallest absolute Gasteiger partial charge is 0.132 e. The minimum Gasteiger partial charge on any atom is -0.499 e. The summed E-state index contributed by atoms with van der Waals surface area (Å²) < 4.78 is 10.9. The van der Waals surface area contributed by atoms with Gasteiger partial charge >= 0.3 is 0 Å². The molecule has 1 saturated heterocycles. The number of aliphatic hydroxyl groups is 1. The summed E-state index contributed by atoms with van der Waals surface area (Å²) in [6.45, 7) is 2.99. The largest absolute Gasteiger partial charge is 0.499 e. The predicted octanol–water partition coefficient (Wildman–Crippen LogP) is 1.68. The van der Waals surface area contributed by atoms with Gasteiger partial charge in [0, 0.05) is 6.04 Å². The van der Waals surface area contributed by atoms with Gasteiger partial charge in [0.05, 0.1) is 18.9 Å². The zero-order valence-electron chi connectivity index (χ0n) is 11.0. The summed E-state index contributed by atoms with van der Waals surface area (Å²) in [5, 5.41) is 10.3. The van der Waals surface area contributed by atoms with E-state index in [0.29, 0.717) is 13.2 Å². The summed E-state index contributed by atoms with van der Waals surface area (Å²) in [6, 6.07) is 10.4. The maximum atomic E-state index is 10.3. The highest BCUT2D eigenvalue weighted by Crippen LogP contribution is 2.31. The van der Waals surface area contributed by atoms with Gasteiger partial charge in [-0.25, -0.2) is 0 Å². The third-order valence-corrected chi connectivity index (χ3v) is 3.89. The Hall–Kier alpha value is -1.36. The third-order valence-electron chi connectivity index (χ3n) is 3.89. The van der Waals surface area contributed by atoms with Gasteiger partial charge in [0.1, 0.15) is 18.9 Å². The molecule has 0 saturated carbocycles. The van der Waals surface area contributed by atoms with Crippen LogP contribution in [0.2, 0.25) is 0 Å². The third kappa shape index (κ3) is 2.39. The van der Waals surface area contributed by atoms with Gasteiger partial charge in [-0.05, 0) is 18.6 Å². The molecule has 0 spiro atoms. The van der Waals surface area contributed by atoms with Crippen molar-refractivity contribution in [1.29, 1.82) is 0 Å². The van der Waals surface area contributed by atoms with E-state index in [0.717, 1.165) is 0 Å². The summed E-state index contributed by atoms with van der Waals surface area (Å²) in [5.74, 6) is 0. The number of aliphatic hydroxyl groups excluding tert-OH is 1. The maximum Gasteiger partial charge on any atom is 0.132 e. The standard InChI is InChI=1S/C15H19NO3/c1-11(12-5-3-2-4-6-12)16-13-7-8-18-9-14(13)19-10-15(16)17/h2-8,11,13-15,17H,9-10H2,1H3/t11-,13-,14+,15?/m0/s1. The molecule has 2 heterocycles. The van der Waals surface area contributed by atoms with Crippen LogP contribution in [0.1, 0.15) is 18.5 Å². The van der Waals surface area contributed by atoms with Crippen molar-refractivity contribution in [2.45, 2.75) is 31.3 Å². The molecule has 4 nitrogen and oxygen atoms in total. The van der Waals surface area contributed by atoms with E-state index < -0.39 is 6.23 Å². The Bertz CT molecular complexity index is 448. The predicted molar refractivity (Wildman–Crippen MR) is 71.3 cm³/mol. The van der Waals surface area contributed by atoms with Gasteiger partial charge in [-0.3, -0.25) is 4.90 Å². The number of benzene rings is 1. The number of rotatable bonds is 2. The van der Waals surface area contributed by atoms with Gasteiger partial charge in [0.2, 0.25) is 0 Å². The Labute approximate surface area is 113 Å². The lowest BCUT2D eigenvalue weighted by Gasteiger charge is -2.46. The molecule has 1 aromatic rings. The first-order valence-electron chi connectivity index (χ1n) is 6.67. The Morgan fingerprint density at radius 1 is 1.26 bits per heavy atom. The van der Waals surface area contributed by atoms with Crippen molar-refractivity contribution in [3.05, 3.63) is 48.2 Å². The SMILES string of the molecule is C[C@@H](c1ccccc1)N1C(O)CO[C@@H]2COC=C[C@@H]21. The van der Waals surface area contributed by atoms with Crippen molar-refractivity contribution in [2.75, 3.05) is 13.2 Å². The maximum absolute atomic E-state index is 10.3. The molecule has 0 radical (unpaired) electrons. The lowest BCUT2D eigenvalue weighted by atomic mass is 9.99. The van der Waals surface area contributed by atoms with E-state index in [4.69, 9.17) is 9.47 Å². The molecule has 1 N–H and O–H groups in total. The fourth-order valence-electron chi connectivity index (χ4n) is 2.86. The van der Waals surface area contributed by atoms with Crippen LogP contribution in [-0.4, -0.2) is 41.6 Å². The molecule has 0 aromatic heterocycles. The van der Waals surface area contributed by atoms with Crippen molar-refractivity contribution in [1.82, 2.24) is 4.90 Å². The van der Waals surface area contributed by atoms with E-state index in [1.54, 1.807) is 6.26 Å². The van der Waals surface area contributed by atoms with E-state index in [2.05, 4.69) is 24.0 Å². The fraction of sp³-hybridized carbons (Fsp3) is 0.467. The van der Waals surface area contributed by atoms with Crippen LogP contribution < -0.4 is 0 Å². The summed E-state index contributed by atoms with van der Waals surface area (Å²) in [6.07, 6.45) is 3.09. The molecule has 19 heavy (non-hydrogen) atoms. The van der Waals surface area contributed by atoms with E-state index in [1.165, 1.54) is 5.56 Å². The van der Waals surface area contributed by atoms with Crippen molar-refractivity contribution in [3.63, 3.8) is 0 Å². The Kier molecular flexibility index (Phi) is 3.55. The molecule has 1 unspecified atom stereocenters. The number of hydrogen-bond donors (Lipinski definition) is 1. The van der Waals surface area contributed by atoms with Crippen molar-refractivity contribution < 1.29 is 14.6 Å². The van der Waals surface area contributed by atoms with Gasteiger partial charge in [-0.15, -0.1) is 0 Å². The van der Waals surface area contributed by atoms with E-state index in [1.807, 2.05) is 24.3 Å². The van der Waals surface area contributed by atoms with Crippen LogP contribution >= 0.6 is 0 Å². The number of hydrogen-bond acceptors (Lipinski definition) is 4. The number of nitrogens with zero attached hydrogens (tertiary/aromatic N) is 1. The first-order chi connectivity index (χ1) is 9.27. The lowest BCUT2D eigenvalue weighted by molar-refractivity contribution is -0.187. The van der Waals surface area contributed by atoms with Gasteiger partial charge in [-0.1, -0.05) is 30.3 Å². The molecular weight excluding hydrogens is 242 g/mol. The fourth-order valence-corrected chi connectivity index (χ4v) is 2.86. The number of fused-ring (bicyclic) bond motifs is 1. The molecule has 0 amide bonds. The summed E-state index contributed by atoms with van der Waals surface area (Å²) in [4.78, 5) is 2.10. The average molecular weight is 261 g/mol. The Morgan fingerprint density at radius 3 is 2.84 bits per heavy atom. The van der Waals surface area contributed by atoms with Gasteiger partial charge in [-0.2, -0.15) is 0 Å². The van der Waals surface area contributed by atoms with E-state index in [-0.39, 0.29) is 18.2 Å². The van der Waals surface area contributed by atoms with Crippen LogP contribution in [0.15, 0.2) is 42.7 Å². The summed E-state index contributed by atoms with van der Waals surface area (Å²) >= 11 is 0. The number of morpholine rings is 1. The number of ether oxygens (including phenoxy) is 2. The second-order valence-corrected chi connectivity index (χ2v) is 5.04. The van der Waals surface area contributed by atoms with Gasteiger partial charge in [0.25, 0.3) is 0 Å². The minimum absolute atomic E-state index is 0.000405. The zero-order valence-corrected chi connectivity index (χ0v) is 11.0. The van der Waals surface area contributed by atoms with Crippen LogP contribution in [0.25, 0.3) is 0 Å². The second kappa shape index (κ2) is 5.33. The van der Waals surface area contributed by atoms with Crippen LogP contribution in [0.4, 0.5) is 0 Å². The topological polar surface area (TPSA) is 41.9 Å². The monoisotopic (exact) mass is 261 g/mol. The molecule has 2 aliphatic rings. The molecule has 1 fully saturated rings. The van der Waals surface area contributed by atoms with Crippen LogP contribution in [0.3, 0.4) is 0 Å². The average Bonchev–Trinajstić information content (AvgIpc) is 2.47. The molecule has 0 bridgehead atoms. The highest BCUT2D eigenvalue weighted by Gasteiger charge is 2.40. The Morgan fingerprint density at radius 2 is 2.05 bits per heavy atom. The molecule has 3 rings (SSSR count). The van der Waals surface area contributed by atoms with E-state index in [9.17, 15) is 5.11 Å². The van der Waals surface area contributed by atoms with Crippen LogP contribution in [-0.2, 0) is 9.47 Å². The molecular formula is C15H19NO3. The molecule has 0 aliphatic carbocycles. The molecule has 4 atom stereocenters. The zero-order chi connectivity index (χ0) is 13.2. The van der Waals surface area contributed by atoms with E-state index >= 15 is 0 Å². The van der Waals surface area contributed by atoms with Crippen molar-refractivity contribution in [3.8, 4) is 0 Å². The molecule has 4 heteroatoms. The van der Waals surface area contributed by atoms with Gasteiger partial charge in [0.15, 0.2) is 0 Å². The highest BCUT2D eigenvalue weighted by molar-refractivity contribution is 5.20. The normalized spacial score (nSPS) is 32.4. The van der Waals surface area contributed by atoms with Gasteiger partial charge < -0.3 is 14.6 Å². The highest BCUT2D eigenvalue weighted by atomic mass is 16.5. The summed E-state index contributed by atoms with van der Waals surface area (Å²) in [5.41, 5.74) is 1.20. The molecule has 1 aromatic carbocycles. The summed E-state index contributed by atoms with van der Waals surface area (Å²) in [7, 11) is 0. The van der Waals surface area contributed by atoms with Crippen LogP contribution in [0, 0.1) is 0 Å². The van der Waals surface area contributed by atoms with Crippen molar-refractivity contribution >= 4 is 0 Å². The second-order valence-electron chi connectivity index (χ2n) is 5.04. The molecule has 102 valence electrons. The Balaban J connectivity index is 1.87. The minimum atomic E-state index is -0.584. The molecule has 2 aliphatic heterocycles. The van der Waals surface area contributed by atoms with Crippen LogP contribution in [0.5, 0.6) is 0 Å². The first kappa shape index (κ1) is 12.7. The first-order valence-corrected chi connectivity index (χ1v) is 6.67. The van der Waals surface area contributed by atoms with Crippen molar-refractivity contribution in [2.24, 2.45) is 0 Å². The quantitative estimate of drug-likeness (QED) is 0.879. The lowest BCUT2D eigenvalue weighted by Crippen LogP contribution is -2.58.